The van der Waals surface area contributed by atoms with E-state index < -0.39 is 0 Å². The van der Waals surface area contributed by atoms with E-state index in [2.05, 4.69) is 23.9 Å². The summed E-state index contributed by atoms with van der Waals surface area (Å²) in [6.45, 7) is 4.70. The second-order valence-corrected chi connectivity index (χ2v) is 4.02. The zero-order valence-electron chi connectivity index (χ0n) is 9.27. The molecule has 1 aromatic rings. The van der Waals surface area contributed by atoms with Gasteiger partial charge in [-0.05, 0) is 11.1 Å². The number of ether oxygens (including phenoxy) is 1. The van der Waals surface area contributed by atoms with Gasteiger partial charge in [0.1, 0.15) is 0 Å². The number of azide groups is 1. The second kappa shape index (κ2) is 4.82. The number of methoxy groups -OCH3 is 1. The van der Waals surface area contributed by atoms with Crippen LogP contribution in [0.2, 0.25) is 0 Å². The van der Waals surface area contributed by atoms with Crippen LogP contribution < -0.4 is 0 Å². The van der Waals surface area contributed by atoms with Crippen LogP contribution in [0.15, 0.2) is 29.4 Å². The predicted octanol–water partition coefficient (Wildman–Crippen LogP) is 3.55. The minimum Gasteiger partial charge on any atom is -0.384 e. The van der Waals surface area contributed by atoms with Crippen molar-refractivity contribution in [1.29, 1.82) is 0 Å². The van der Waals surface area contributed by atoms with E-state index in [0.717, 1.165) is 5.56 Å². The van der Waals surface area contributed by atoms with Gasteiger partial charge in [0.05, 0.1) is 6.61 Å². The van der Waals surface area contributed by atoms with E-state index in [1.54, 1.807) is 7.11 Å². The summed E-state index contributed by atoms with van der Waals surface area (Å²) >= 11 is 0. The van der Waals surface area contributed by atoms with Crippen molar-refractivity contribution in [1.82, 2.24) is 0 Å². The van der Waals surface area contributed by atoms with Gasteiger partial charge in [-0.2, -0.15) is 0 Å². The molecule has 4 nitrogen and oxygen atoms in total. The average Bonchev–Trinajstić information content (AvgIpc) is 2.19. The molecule has 15 heavy (non-hydrogen) atoms. The van der Waals surface area contributed by atoms with Crippen LogP contribution in [0.1, 0.15) is 19.4 Å². The van der Waals surface area contributed by atoms with Gasteiger partial charge in [-0.1, -0.05) is 43.2 Å². The van der Waals surface area contributed by atoms with Crippen molar-refractivity contribution in [2.75, 3.05) is 13.7 Å². The minimum absolute atomic E-state index is 0.153. The highest BCUT2D eigenvalue weighted by molar-refractivity contribution is 5.49. The van der Waals surface area contributed by atoms with Crippen molar-refractivity contribution in [3.05, 3.63) is 40.3 Å². The monoisotopic (exact) mass is 205 g/mol. The molecule has 0 aromatic heterocycles. The summed E-state index contributed by atoms with van der Waals surface area (Å²) in [5.74, 6) is 0. The Morgan fingerprint density at radius 2 is 2.07 bits per heavy atom. The molecule has 0 spiro atoms. The van der Waals surface area contributed by atoms with Crippen LogP contribution in [0.25, 0.3) is 10.4 Å². The van der Waals surface area contributed by atoms with E-state index in [0.29, 0.717) is 12.3 Å². The summed E-state index contributed by atoms with van der Waals surface area (Å²) in [5, 5.41) is 3.68. The van der Waals surface area contributed by atoms with Crippen LogP contribution in [-0.4, -0.2) is 13.7 Å². The topological polar surface area (TPSA) is 58.0 Å². The van der Waals surface area contributed by atoms with Gasteiger partial charge in [-0.3, -0.25) is 0 Å². The lowest BCUT2D eigenvalue weighted by atomic mass is 9.84. The van der Waals surface area contributed by atoms with E-state index in [1.807, 2.05) is 24.3 Å². The predicted molar refractivity (Wildman–Crippen MR) is 60.2 cm³/mol. The zero-order chi connectivity index (χ0) is 11.3. The molecule has 0 saturated carbocycles. The maximum absolute atomic E-state index is 8.47. The lowest BCUT2D eigenvalue weighted by Gasteiger charge is -2.25. The Hall–Kier alpha value is -1.51. The minimum atomic E-state index is -0.153. The van der Waals surface area contributed by atoms with E-state index in [9.17, 15) is 0 Å². The molecule has 0 aliphatic carbocycles. The first-order valence-corrected chi connectivity index (χ1v) is 4.75. The van der Waals surface area contributed by atoms with Crippen molar-refractivity contribution >= 4 is 5.69 Å². The first-order chi connectivity index (χ1) is 7.11. The maximum Gasteiger partial charge on any atom is 0.0553 e. The number of nitrogens with zero attached hydrogens (tertiary/aromatic N) is 3. The highest BCUT2D eigenvalue weighted by Crippen LogP contribution is 2.31. The van der Waals surface area contributed by atoms with Gasteiger partial charge in [0.15, 0.2) is 0 Å². The third kappa shape index (κ3) is 2.72. The molecule has 0 aliphatic heterocycles. The fourth-order valence-corrected chi connectivity index (χ4v) is 1.62. The molecule has 0 unspecified atom stereocenters. The standard InChI is InChI=1S/C11H15N3O/c1-11(2,8-15-3)9-6-4-5-7-10(9)13-14-12/h4-7H,8H2,1-3H3. The summed E-state index contributed by atoms with van der Waals surface area (Å²) in [5.41, 5.74) is 9.99. The first-order valence-electron chi connectivity index (χ1n) is 4.75. The number of benzene rings is 1. The van der Waals surface area contributed by atoms with Crippen molar-refractivity contribution in [2.45, 2.75) is 19.3 Å². The smallest absolute Gasteiger partial charge is 0.0553 e. The normalized spacial score (nSPS) is 10.9. The molecule has 1 aromatic carbocycles. The fraction of sp³-hybridized carbons (Fsp3) is 0.455. The van der Waals surface area contributed by atoms with Gasteiger partial charge in [-0.25, -0.2) is 0 Å². The van der Waals surface area contributed by atoms with Crippen LogP contribution in [-0.2, 0) is 10.2 Å². The highest BCUT2D eigenvalue weighted by Gasteiger charge is 2.22. The lowest BCUT2D eigenvalue weighted by Crippen LogP contribution is -2.23. The zero-order valence-corrected chi connectivity index (χ0v) is 9.27. The number of hydrogen-bond acceptors (Lipinski definition) is 2. The summed E-state index contributed by atoms with van der Waals surface area (Å²) in [6, 6.07) is 7.56. The molecule has 4 heteroatoms. The fourth-order valence-electron chi connectivity index (χ4n) is 1.62. The average molecular weight is 205 g/mol. The summed E-state index contributed by atoms with van der Waals surface area (Å²) < 4.78 is 5.16. The van der Waals surface area contributed by atoms with Crippen LogP contribution in [0.4, 0.5) is 5.69 Å². The third-order valence-corrected chi connectivity index (χ3v) is 2.29. The Morgan fingerprint density at radius 1 is 1.40 bits per heavy atom. The Labute approximate surface area is 89.5 Å². The molecule has 1 rings (SSSR count). The summed E-state index contributed by atoms with van der Waals surface area (Å²) in [7, 11) is 1.66. The number of rotatable bonds is 4. The van der Waals surface area contributed by atoms with E-state index in [-0.39, 0.29) is 5.41 Å². The molecule has 0 N–H and O–H groups in total. The van der Waals surface area contributed by atoms with Crippen molar-refractivity contribution in [3.63, 3.8) is 0 Å². The van der Waals surface area contributed by atoms with E-state index in [1.165, 1.54) is 0 Å². The second-order valence-electron chi connectivity index (χ2n) is 4.02. The van der Waals surface area contributed by atoms with Gasteiger partial charge in [0.25, 0.3) is 0 Å². The molecular formula is C11H15N3O. The molecule has 0 saturated heterocycles. The Morgan fingerprint density at radius 3 is 2.67 bits per heavy atom. The third-order valence-electron chi connectivity index (χ3n) is 2.29. The summed E-state index contributed by atoms with van der Waals surface area (Å²) in [4.78, 5) is 2.82. The van der Waals surface area contributed by atoms with Crippen LogP contribution >= 0.6 is 0 Å². The van der Waals surface area contributed by atoms with Gasteiger partial charge >= 0.3 is 0 Å². The lowest BCUT2D eigenvalue weighted by molar-refractivity contribution is 0.147. The van der Waals surface area contributed by atoms with Gasteiger partial charge in [0.2, 0.25) is 0 Å². The Kier molecular flexibility index (Phi) is 3.72. The van der Waals surface area contributed by atoms with Crippen LogP contribution in [0.3, 0.4) is 0 Å². The SMILES string of the molecule is COCC(C)(C)c1ccccc1N=[N+]=[N-]. The largest absolute Gasteiger partial charge is 0.384 e. The molecule has 0 amide bonds. The molecule has 0 heterocycles. The van der Waals surface area contributed by atoms with Crippen LogP contribution in [0, 0.1) is 0 Å². The molecule has 0 fully saturated rings. The maximum atomic E-state index is 8.47. The van der Waals surface area contributed by atoms with Crippen molar-refractivity contribution in [3.8, 4) is 0 Å². The van der Waals surface area contributed by atoms with Crippen LogP contribution in [0.5, 0.6) is 0 Å². The summed E-state index contributed by atoms with van der Waals surface area (Å²) in [6.07, 6.45) is 0. The number of hydrogen-bond donors (Lipinski definition) is 0. The Balaban J connectivity index is 3.17. The van der Waals surface area contributed by atoms with E-state index in [4.69, 9.17) is 10.3 Å². The first kappa shape index (κ1) is 11.6. The van der Waals surface area contributed by atoms with Gasteiger partial charge in [0, 0.05) is 23.1 Å². The quantitative estimate of drug-likeness (QED) is 0.421. The van der Waals surface area contributed by atoms with Gasteiger partial charge in [-0.15, -0.1) is 0 Å². The highest BCUT2D eigenvalue weighted by atomic mass is 16.5. The molecule has 0 radical (unpaired) electrons. The molecule has 0 atom stereocenters. The molecule has 0 bridgehead atoms. The van der Waals surface area contributed by atoms with E-state index >= 15 is 0 Å². The van der Waals surface area contributed by atoms with Gasteiger partial charge < -0.3 is 4.74 Å². The Bertz CT molecular complexity index is 381. The molecule has 0 aliphatic rings. The molecule has 80 valence electrons. The van der Waals surface area contributed by atoms with Crippen molar-refractivity contribution < 1.29 is 4.74 Å². The molecular weight excluding hydrogens is 190 g/mol. The van der Waals surface area contributed by atoms with Crippen molar-refractivity contribution in [2.24, 2.45) is 5.11 Å².